The Kier molecular flexibility index (Phi) is 11.5. The van der Waals surface area contributed by atoms with Gasteiger partial charge in [-0.3, -0.25) is 9.78 Å². The van der Waals surface area contributed by atoms with Crippen LogP contribution < -0.4 is 0 Å². The van der Waals surface area contributed by atoms with Crippen LogP contribution in [-0.2, 0) is 32.4 Å². The summed E-state index contributed by atoms with van der Waals surface area (Å²) in [4.78, 5) is 44.4. The molecule has 2 rings (SSSR count). The van der Waals surface area contributed by atoms with E-state index in [-0.39, 0.29) is 6.29 Å². The minimum atomic E-state index is -0.663. The highest BCUT2D eigenvalue weighted by Gasteiger charge is 2.21. The van der Waals surface area contributed by atoms with E-state index in [4.69, 9.17) is 19.6 Å². The summed E-state index contributed by atoms with van der Waals surface area (Å²) >= 11 is 0. The van der Waals surface area contributed by atoms with Gasteiger partial charge in [-0.1, -0.05) is 70.7 Å². The highest BCUT2D eigenvalue weighted by Crippen LogP contribution is 2.19. The molecule has 172 valence electrons. The predicted molar refractivity (Wildman–Crippen MR) is 121 cm³/mol. The van der Waals surface area contributed by atoms with Crippen molar-refractivity contribution in [3.63, 3.8) is 0 Å². The number of unbranched alkanes of at least 4 members (excludes halogenated alkanes) is 2. The first kappa shape index (κ1) is 25.6. The van der Waals surface area contributed by atoms with Gasteiger partial charge in [-0.2, -0.15) is 0 Å². The average molecular weight is 441 g/mol. The van der Waals surface area contributed by atoms with Crippen LogP contribution in [0.5, 0.6) is 0 Å². The fourth-order valence-corrected chi connectivity index (χ4v) is 3.00. The minimum Gasteiger partial charge on any atom is -0.289 e. The minimum absolute atomic E-state index is 0.106. The Hall–Kier alpha value is -2.70. The van der Waals surface area contributed by atoms with Gasteiger partial charge in [-0.05, 0) is 54.7 Å². The van der Waals surface area contributed by atoms with Gasteiger partial charge in [0.15, 0.2) is 0 Å². The molecule has 2 radical (unpaired) electrons. The lowest BCUT2D eigenvalue weighted by Crippen LogP contribution is -2.16. The second-order valence-electron chi connectivity index (χ2n) is 7.48. The van der Waals surface area contributed by atoms with E-state index in [1.54, 1.807) is 24.3 Å². The van der Waals surface area contributed by atoms with E-state index >= 15 is 0 Å². The van der Waals surface area contributed by atoms with Crippen LogP contribution in [0.2, 0.25) is 0 Å². The number of carbonyl (C=O) groups is 2. The standard InChI is InChI=1S/C26H32O6/c1-4-7-8-11-24(29-31-25(27)22-16-12-20(9-5-2)13-17-22)30-32-26(28)23-18-14-21(10-6-3)15-19-23/h12-19H,1,4-11H2,2-3H3. The van der Waals surface area contributed by atoms with Crippen molar-refractivity contribution in [2.24, 2.45) is 0 Å². The Morgan fingerprint density at radius 2 is 1.12 bits per heavy atom. The van der Waals surface area contributed by atoms with Gasteiger partial charge >= 0.3 is 18.2 Å². The molecule has 0 aliphatic rings. The SMILES string of the molecule is [CH2]CCCC[C](OOC(=O)c1ccc(CCC)cc1)OOC(=O)c1ccc(CCC)cc1. The summed E-state index contributed by atoms with van der Waals surface area (Å²) in [6.45, 7) is 7.98. The Bertz CT molecular complexity index is 748. The third kappa shape index (κ3) is 8.81. The molecule has 0 aliphatic carbocycles. The monoisotopic (exact) mass is 440 g/mol. The summed E-state index contributed by atoms with van der Waals surface area (Å²) in [5.41, 5.74) is 2.99. The van der Waals surface area contributed by atoms with Gasteiger partial charge in [-0.25, -0.2) is 9.59 Å². The molecule has 6 heteroatoms. The van der Waals surface area contributed by atoms with Crippen LogP contribution in [0, 0.1) is 13.2 Å². The third-order valence-electron chi connectivity index (χ3n) is 4.76. The van der Waals surface area contributed by atoms with Gasteiger partial charge < -0.3 is 0 Å². The molecule has 0 aliphatic heterocycles. The van der Waals surface area contributed by atoms with E-state index in [1.807, 2.05) is 24.3 Å². The van der Waals surface area contributed by atoms with Crippen molar-refractivity contribution < 1.29 is 29.1 Å². The summed E-state index contributed by atoms with van der Waals surface area (Å²) in [7, 11) is 0. The maximum atomic E-state index is 12.3. The van der Waals surface area contributed by atoms with Crippen LogP contribution in [0.4, 0.5) is 0 Å². The van der Waals surface area contributed by atoms with Gasteiger partial charge in [0, 0.05) is 6.42 Å². The summed E-state index contributed by atoms with van der Waals surface area (Å²) in [5.74, 6) is -1.33. The first-order chi connectivity index (χ1) is 15.6. The summed E-state index contributed by atoms with van der Waals surface area (Å²) in [6.07, 6.45) is 6.34. The maximum Gasteiger partial charge on any atom is 0.373 e. The van der Waals surface area contributed by atoms with Crippen molar-refractivity contribution in [3.8, 4) is 0 Å². The number of hydrogen-bond donors (Lipinski definition) is 0. The van der Waals surface area contributed by atoms with E-state index in [0.29, 0.717) is 24.0 Å². The summed E-state index contributed by atoms with van der Waals surface area (Å²) < 4.78 is 0. The molecule has 0 spiro atoms. The van der Waals surface area contributed by atoms with Crippen molar-refractivity contribution in [3.05, 3.63) is 84.0 Å². The van der Waals surface area contributed by atoms with E-state index in [2.05, 4.69) is 20.8 Å². The fraction of sp³-hybridized carbons (Fsp3) is 0.385. The van der Waals surface area contributed by atoms with E-state index in [9.17, 15) is 9.59 Å². The number of carbonyl (C=O) groups excluding carboxylic acids is 2. The van der Waals surface area contributed by atoms with Gasteiger partial charge in [-0.15, -0.1) is 9.78 Å². The third-order valence-corrected chi connectivity index (χ3v) is 4.76. The van der Waals surface area contributed by atoms with Crippen LogP contribution in [0.15, 0.2) is 48.5 Å². The Morgan fingerprint density at radius 1 is 0.688 bits per heavy atom. The van der Waals surface area contributed by atoms with Gasteiger partial charge in [0.25, 0.3) is 0 Å². The molecule has 0 saturated carbocycles. The second kappa shape index (κ2) is 14.4. The van der Waals surface area contributed by atoms with Crippen LogP contribution in [0.1, 0.15) is 84.2 Å². The Morgan fingerprint density at radius 3 is 1.50 bits per heavy atom. The van der Waals surface area contributed by atoms with Crippen molar-refractivity contribution in [2.75, 3.05) is 0 Å². The van der Waals surface area contributed by atoms with E-state index < -0.39 is 11.9 Å². The molecular weight excluding hydrogens is 408 g/mol. The lowest BCUT2D eigenvalue weighted by molar-refractivity contribution is -0.363. The summed E-state index contributed by atoms with van der Waals surface area (Å²) in [5, 5.41) is 0. The van der Waals surface area contributed by atoms with Crippen LogP contribution in [0.25, 0.3) is 0 Å². The van der Waals surface area contributed by atoms with Crippen molar-refractivity contribution in [1.29, 1.82) is 0 Å². The molecular formula is C26H32O6. The molecule has 0 N–H and O–H groups in total. The molecule has 32 heavy (non-hydrogen) atoms. The zero-order valence-electron chi connectivity index (χ0n) is 18.9. The molecule has 2 aromatic carbocycles. The first-order valence-corrected chi connectivity index (χ1v) is 11.2. The van der Waals surface area contributed by atoms with Crippen LogP contribution >= 0.6 is 0 Å². The Balaban J connectivity index is 1.89. The zero-order chi connectivity index (χ0) is 23.2. The van der Waals surface area contributed by atoms with Crippen molar-refractivity contribution >= 4 is 11.9 Å². The van der Waals surface area contributed by atoms with Crippen LogP contribution in [-0.4, -0.2) is 11.9 Å². The number of aryl methyl sites for hydroxylation is 2. The van der Waals surface area contributed by atoms with Crippen molar-refractivity contribution in [1.82, 2.24) is 0 Å². The molecule has 0 atom stereocenters. The highest BCUT2D eigenvalue weighted by atomic mass is 17.3. The molecule has 0 unspecified atom stereocenters. The second-order valence-corrected chi connectivity index (χ2v) is 7.48. The normalized spacial score (nSPS) is 10.9. The van der Waals surface area contributed by atoms with Gasteiger partial charge in [0.2, 0.25) is 0 Å². The van der Waals surface area contributed by atoms with Gasteiger partial charge in [0.1, 0.15) is 0 Å². The first-order valence-electron chi connectivity index (χ1n) is 11.2. The zero-order valence-corrected chi connectivity index (χ0v) is 18.9. The van der Waals surface area contributed by atoms with Crippen molar-refractivity contribution in [2.45, 2.75) is 65.2 Å². The average Bonchev–Trinajstić information content (AvgIpc) is 2.81. The molecule has 0 aromatic heterocycles. The number of benzene rings is 2. The molecule has 0 heterocycles. The fourth-order valence-electron chi connectivity index (χ4n) is 3.00. The number of rotatable bonds is 14. The maximum absolute atomic E-state index is 12.3. The summed E-state index contributed by atoms with van der Waals surface area (Å²) in [6, 6.07) is 14.2. The molecule has 0 fully saturated rings. The molecule has 0 bridgehead atoms. The van der Waals surface area contributed by atoms with E-state index in [0.717, 1.165) is 49.7 Å². The van der Waals surface area contributed by atoms with Gasteiger partial charge in [0.05, 0.1) is 11.1 Å². The smallest absolute Gasteiger partial charge is 0.289 e. The lowest BCUT2D eigenvalue weighted by Gasteiger charge is -2.13. The largest absolute Gasteiger partial charge is 0.373 e. The number of hydrogen-bond acceptors (Lipinski definition) is 6. The van der Waals surface area contributed by atoms with Crippen LogP contribution in [0.3, 0.4) is 0 Å². The molecule has 0 saturated heterocycles. The molecule has 0 amide bonds. The van der Waals surface area contributed by atoms with E-state index in [1.165, 1.54) is 0 Å². The lowest BCUT2D eigenvalue weighted by atomic mass is 10.1. The molecule has 6 nitrogen and oxygen atoms in total. The molecule has 2 aromatic rings. The topological polar surface area (TPSA) is 71.1 Å². The predicted octanol–water partition coefficient (Wildman–Crippen LogP) is 6.35. The quantitative estimate of drug-likeness (QED) is 0.194. The Labute approximate surface area is 190 Å². The highest BCUT2D eigenvalue weighted by molar-refractivity contribution is 5.89.